The summed E-state index contributed by atoms with van der Waals surface area (Å²) in [6.45, 7) is 13.6. The Balaban J connectivity index is 2.82. The van der Waals surface area contributed by atoms with E-state index in [1.165, 1.54) is 40.3 Å². The van der Waals surface area contributed by atoms with E-state index in [1.54, 1.807) is 0 Å². The molecule has 0 saturated heterocycles. The van der Waals surface area contributed by atoms with Crippen molar-refractivity contribution < 1.29 is 13.4 Å². The van der Waals surface area contributed by atoms with Crippen LogP contribution in [-0.2, 0) is 13.4 Å². The predicted octanol–water partition coefficient (Wildman–Crippen LogP) is 7.92. The zero-order valence-electron chi connectivity index (χ0n) is 16.8. The Kier molecular flexibility index (Phi) is 7.43. The second-order valence-corrected chi connectivity index (χ2v) is 25.5. The molecule has 2 rings (SSSR count). The monoisotopic (exact) mass is 464 g/mol. The first-order valence-electron chi connectivity index (χ1n) is 9.58. The van der Waals surface area contributed by atoms with Gasteiger partial charge in [-0.25, -0.2) is 0 Å². The fourth-order valence-corrected chi connectivity index (χ4v) is 24.7. The average Bonchev–Trinajstić information content (AvgIpc) is 2.98. The standard InChI is InChI=1S/C21H31Si.3ClH.Ti/c1-7-9-12-22(6,20-11-10-19(8-2)15-20)21-17(4)13-16(3)14-18(21)5;;;;/h10-11,13-15H,7-9,12H2,1-6H3;3*1H;/q;;;;+3/p-3. The summed E-state index contributed by atoms with van der Waals surface area (Å²) >= 11 is -3.63. The molecule has 144 valence electrons. The number of hydrogen-bond acceptors (Lipinski definition) is 0. The molecule has 0 nitrogen and oxygen atoms in total. The van der Waals surface area contributed by atoms with E-state index in [-0.39, 0.29) is 3.34 Å². The van der Waals surface area contributed by atoms with Crippen LogP contribution in [0.5, 0.6) is 0 Å². The molecule has 0 saturated carbocycles. The number of halogens is 3. The van der Waals surface area contributed by atoms with Gasteiger partial charge >= 0.3 is 177 Å². The van der Waals surface area contributed by atoms with Crippen molar-refractivity contribution in [1.29, 1.82) is 0 Å². The topological polar surface area (TPSA) is 0 Å². The fraction of sp³-hybridized carbons (Fsp3) is 0.524. The molecule has 0 radical (unpaired) electrons. The number of benzene rings is 1. The third-order valence-corrected chi connectivity index (χ3v) is 23.3. The summed E-state index contributed by atoms with van der Waals surface area (Å²) in [4.78, 5) is 0. The summed E-state index contributed by atoms with van der Waals surface area (Å²) in [5.41, 5.74) is 5.37. The molecule has 5 heteroatoms. The van der Waals surface area contributed by atoms with Gasteiger partial charge in [-0.1, -0.05) is 0 Å². The molecule has 0 spiro atoms. The summed E-state index contributed by atoms with van der Waals surface area (Å²) in [5, 5.41) is 1.51. The van der Waals surface area contributed by atoms with Crippen LogP contribution in [-0.4, -0.2) is 8.07 Å². The summed E-state index contributed by atoms with van der Waals surface area (Å²) in [6, 6.07) is 5.77. The first-order valence-corrected chi connectivity index (χ1v) is 19.5. The van der Waals surface area contributed by atoms with Crippen molar-refractivity contribution in [3.05, 3.63) is 52.6 Å². The summed E-state index contributed by atoms with van der Waals surface area (Å²) in [5.74, 6) is 0. The van der Waals surface area contributed by atoms with Crippen LogP contribution in [0.4, 0.5) is 0 Å². The molecule has 1 aliphatic carbocycles. The molecule has 26 heavy (non-hydrogen) atoms. The van der Waals surface area contributed by atoms with Gasteiger partial charge in [-0.2, -0.15) is 0 Å². The molecule has 0 bridgehead atoms. The van der Waals surface area contributed by atoms with Crippen LogP contribution in [0.15, 0.2) is 35.9 Å². The molecule has 2 unspecified atom stereocenters. The number of unbranched alkanes of at least 4 members (excludes halogenated alkanes) is 1. The normalized spacial score (nSPS) is 22.4. The number of rotatable bonds is 7. The number of hydrogen-bond donors (Lipinski definition) is 0. The summed E-state index contributed by atoms with van der Waals surface area (Å²) in [6.07, 6.45) is 10.2. The van der Waals surface area contributed by atoms with E-state index < -0.39 is 21.5 Å². The van der Waals surface area contributed by atoms with Gasteiger partial charge in [-0.3, -0.25) is 0 Å². The Morgan fingerprint density at radius 1 is 1.04 bits per heavy atom. The van der Waals surface area contributed by atoms with E-state index in [9.17, 15) is 0 Å². The van der Waals surface area contributed by atoms with Gasteiger partial charge in [-0.15, -0.1) is 0 Å². The zero-order valence-corrected chi connectivity index (χ0v) is 21.7. The Morgan fingerprint density at radius 3 is 2.04 bits per heavy atom. The molecule has 1 aromatic carbocycles. The van der Waals surface area contributed by atoms with E-state index >= 15 is 0 Å². The number of allylic oxidation sites excluding steroid dienone is 4. The van der Waals surface area contributed by atoms with E-state index in [0.717, 1.165) is 12.5 Å². The van der Waals surface area contributed by atoms with E-state index in [4.69, 9.17) is 27.9 Å². The van der Waals surface area contributed by atoms with Gasteiger partial charge in [0.2, 0.25) is 0 Å². The van der Waals surface area contributed by atoms with Crippen molar-refractivity contribution in [2.75, 3.05) is 0 Å². The second-order valence-electron chi connectivity index (χ2n) is 7.98. The van der Waals surface area contributed by atoms with Crippen molar-refractivity contribution >= 4 is 41.2 Å². The predicted molar refractivity (Wildman–Crippen MR) is 119 cm³/mol. The minimum absolute atomic E-state index is 0.330. The molecule has 0 N–H and O–H groups in total. The van der Waals surface area contributed by atoms with Crippen LogP contribution in [0.3, 0.4) is 0 Å². The van der Waals surface area contributed by atoms with Gasteiger partial charge < -0.3 is 0 Å². The van der Waals surface area contributed by atoms with Crippen molar-refractivity contribution in [3.8, 4) is 0 Å². The fourth-order valence-electron chi connectivity index (χ4n) is 4.80. The second kappa shape index (κ2) is 8.47. The van der Waals surface area contributed by atoms with Crippen molar-refractivity contribution in [3.63, 3.8) is 0 Å². The molecule has 0 fully saturated rings. The third kappa shape index (κ3) is 3.95. The summed E-state index contributed by atoms with van der Waals surface area (Å²) in [7, 11) is 18.6. The SMILES string of the molecule is CCCC[Si](C)(c1c(C)cc(C)cc1C)[C]1([Ti]([Cl])([Cl])[Cl])C=CC(CC)=C1. The average molecular weight is 466 g/mol. The molecule has 1 aliphatic rings. The van der Waals surface area contributed by atoms with Crippen LogP contribution in [0.2, 0.25) is 15.9 Å². The zero-order chi connectivity index (χ0) is 19.8. The third-order valence-electron chi connectivity index (χ3n) is 6.02. The summed E-state index contributed by atoms with van der Waals surface area (Å²) < 4.78 is -0.330. The first-order chi connectivity index (χ1) is 12.0. The number of aryl methyl sites for hydroxylation is 3. The molecule has 0 aromatic heterocycles. The van der Waals surface area contributed by atoms with Crippen molar-refractivity contribution in [2.24, 2.45) is 0 Å². The maximum atomic E-state index is 6.92. The van der Waals surface area contributed by atoms with Crippen LogP contribution in [0, 0.1) is 20.8 Å². The molecule has 2 atom stereocenters. The van der Waals surface area contributed by atoms with E-state index in [1.807, 2.05) is 0 Å². The van der Waals surface area contributed by atoms with Gasteiger partial charge in [0.25, 0.3) is 0 Å². The molecule has 0 heterocycles. The van der Waals surface area contributed by atoms with Gasteiger partial charge in [0.05, 0.1) is 0 Å². The quantitative estimate of drug-likeness (QED) is 0.359. The Labute approximate surface area is 176 Å². The maximum absolute atomic E-state index is 6.92. The molecule has 0 aliphatic heterocycles. The van der Waals surface area contributed by atoms with Crippen LogP contribution in [0.1, 0.15) is 49.8 Å². The van der Waals surface area contributed by atoms with E-state index in [2.05, 4.69) is 71.5 Å². The Bertz CT molecular complexity index is 712. The van der Waals surface area contributed by atoms with Gasteiger partial charge in [0.15, 0.2) is 0 Å². The van der Waals surface area contributed by atoms with Crippen LogP contribution < -0.4 is 5.19 Å². The first kappa shape index (κ1) is 22.8. The molecular formula is C21H31Cl3SiTi. The van der Waals surface area contributed by atoms with Gasteiger partial charge in [0, 0.05) is 0 Å². The Morgan fingerprint density at radius 2 is 1.62 bits per heavy atom. The molecule has 1 aromatic rings. The molecular weight excluding hydrogens is 435 g/mol. The molecule has 0 amide bonds. The van der Waals surface area contributed by atoms with Gasteiger partial charge in [0.1, 0.15) is 0 Å². The Hall–Kier alpha value is 0.501. The minimum atomic E-state index is -3.63. The van der Waals surface area contributed by atoms with E-state index in [0.29, 0.717) is 0 Å². The van der Waals surface area contributed by atoms with Gasteiger partial charge in [-0.05, 0) is 0 Å². The van der Waals surface area contributed by atoms with Crippen molar-refractivity contribution in [2.45, 2.75) is 69.8 Å². The van der Waals surface area contributed by atoms with Crippen LogP contribution >= 0.6 is 27.9 Å². The van der Waals surface area contributed by atoms with Crippen LogP contribution in [0.25, 0.3) is 0 Å². The van der Waals surface area contributed by atoms with Crippen molar-refractivity contribution in [1.82, 2.24) is 0 Å².